The lowest BCUT2D eigenvalue weighted by Crippen LogP contribution is -2.52. The van der Waals surface area contributed by atoms with Gasteiger partial charge in [0.2, 0.25) is 5.91 Å². The molecule has 1 unspecified atom stereocenters. The second-order valence-electron chi connectivity index (χ2n) is 8.48. The van der Waals surface area contributed by atoms with E-state index in [9.17, 15) is 18.0 Å². The molecular formula is C22H30N4O4S2. The van der Waals surface area contributed by atoms with E-state index in [-0.39, 0.29) is 34.8 Å². The number of amides is 1. The van der Waals surface area contributed by atoms with Gasteiger partial charge in [0.25, 0.3) is 5.56 Å². The summed E-state index contributed by atoms with van der Waals surface area (Å²) in [5, 5.41) is 1.19. The van der Waals surface area contributed by atoms with Crippen LogP contribution in [0.1, 0.15) is 26.2 Å². The number of carbonyl (C=O) groups excluding carboxylic acids is 1. The molecule has 1 aromatic heterocycles. The molecule has 2 saturated heterocycles. The fraction of sp³-hybridized carbons (Fsp3) is 0.591. The van der Waals surface area contributed by atoms with Crippen molar-refractivity contribution in [3.8, 4) is 0 Å². The molecule has 0 aliphatic carbocycles. The first-order chi connectivity index (χ1) is 15.4. The van der Waals surface area contributed by atoms with Crippen LogP contribution in [0, 0.1) is 0 Å². The Hall–Kier alpha value is -1.91. The van der Waals surface area contributed by atoms with Crippen molar-refractivity contribution in [2.75, 3.05) is 43.4 Å². The van der Waals surface area contributed by atoms with Crippen molar-refractivity contribution in [1.29, 1.82) is 0 Å². The lowest BCUT2D eigenvalue weighted by Gasteiger charge is -2.37. The smallest absolute Gasteiger partial charge is 0.262 e. The Bertz CT molecular complexity index is 1140. The zero-order valence-electron chi connectivity index (χ0n) is 18.4. The van der Waals surface area contributed by atoms with Gasteiger partial charge in [-0.15, -0.1) is 0 Å². The third-order valence-electron chi connectivity index (χ3n) is 6.28. The average molecular weight is 479 g/mol. The van der Waals surface area contributed by atoms with E-state index in [1.54, 1.807) is 10.6 Å². The summed E-state index contributed by atoms with van der Waals surface area (Å²) in [6.45, 7) is 5.27. The molecule has 0 spiro atoms. The molecular weight excluding hydrogens is 448 g/mol. The van der Waals surface area contributed by atoms with Gasteiger partial charge in [0, 0.05) is 38.8 Å². The predicted octanol–water partition coefficient (Wildman–Crippen LogP) is 1.62. The van der Waals surface area contributed by atoms with E-state index in [0.29, 0.717) is 55.2 Å². The van der Waals surface area contributed by atoms with Gasteiger partial charge in [-0.3, -0.25) is 19.1 Å². The van der Waals surface area contributed by atoms with Crippen LogP contribution in [0.15, 0.2) is 34.2 Å². The minimum atomic E-state index is -2.90. The van der Waals surface area contributed by atoms with Gasteiger partial charge in [0.05, 0.1) is 28.2 Å². The average Bonchev–Trinajstić information content (AvgIpc) is 3.17. The summed E-state index contributed by atoms with van der Waals surface area (Å²) >= 11 is 1.32. The maximum atomic E-state index is 13.0. The molecule has 2 aliphatic rings. The molecule has 1 aromatic carbocycles. The minimum absolute atomic E-state index is 0.0261. The van der Waals surface area contributed by atoms with Gasteiger partial charge in [-0.05, 0) is 25.0 Å². The fourth-order valence-corrected chi connectivity index (χ4v) is 7.08. The molecule has 174 valence electrons. The van der Waals surface area contributed by atoms with Crippen molar-refractivity contribution in [3.05, 3.63) is 34.6 Å². The van der Waals surface area contributed by atoms with Crippen LogP contribution in [-0.4, -0.2) is 83.2 Å². The maximum absolute atomic E-state index is 13.0. The number of nitrogens with zero attached hydrogens (tertiary/aromatic N) is 4. The van der Waals surface area contributed by atoms with Crippen LogP contribution in [0.25, 0.3) is 10.9 Å². The van der Waals surface area contributed by atoms with Gasteiger partial charge in [-0.1, -0.05) is 37.2 Å². The number of thioether (sulfide) groups is 1. The topological polar surface area (TPSA) is 92.6 Å². The number of benzene rings is 1. The summed E-state index contributed by atoms with van der Waals surface area (Å²) < 4.78 is 25.2. The summed E-state index contributed by atoms with van der Waals surface area (Å²) in [7, 11) is -2.90. The molecule has 10 heteroatoms. The quantitative estimate of drug-likeness (QED) is 0.441. The van der Waals surface area contributed by atoms with Crippen molar-refractivity contribution in [2.45, 2.75) is 43.9 Å². The normalized spacial score (nSPS) is 21.3. The SMILES string of the molecule is CCCCn1c(SCC(=O)N2CCN(C3CCS(=O)(=O)C3)CC2)nc2ccccc2c1=O. The zero-order chi connectivity index (χ0) is 22.7. The molecule has 8 nitrogen and oxygen atoms in total. The Morgan fingerprint density at radius 3 is 2.62 bits per heavy atom. The van der Waals surface area contributed by atoms with Crippen molar-refractivity contribution < 1.29 is 13.2 Å². The first kappa shape index (κ1) is 23.3. The van der Waals surface area contributed by atoms with Crippen molar-refractivity contribution >= 4 is 38.4 Å². The molecule has 32 heavy (non-hydrogen) atoms. The molecule has 0 radical (unpaired) electrons. The predicted molar refractivity (Wildman–Crippen MR) is 127 cm³/mol. The molecule has 0 bridgehead atoms. The summed E-state index contributed by atoms with van der Waals surface area (Å²) in [6.07, 6.45) is 2.53. The number of rotatable bonds is 7. The number of aromatic nitrogens is 2. The van der Waals surface area contributed by atoms with Crippen molar-refractivity contribution in [2.24, 2.45) is 0 Å². The number of sulfone groups is 1. The molecule has 4 rings (SSSR count). The van der Waals surface area contributed by atoms with E-state index < -0.39 is 9.84 Å². The number of hydrogen-bond acceptors (Lipinski definition) is 7. The van der Waals surface area contributed by atoms with Crippen LogP contribution in [0.3, 0.4) is 0 Å². The highest BCUT2D eigenvalue weighted by Gasteiger charge is 2.34. The maximum Gasteiger partial charge on any atom is 0.262 e. The summed E-state index contributed by atoms with van der Waals surface area (Å²) in [4.78, 5) is 34.5. The third kappa shape index (κ3) is 5.18. The zero-order valence-corrected chi connectivity index (χ0v) is 20.0. The van der Waals surface area contributed by atoms with E-state index >= 15 is 0 Å². The number of para-hydroxylation sites is 1. The number of fused-ring (bicyclic) bond motifs is 1. The molecule has 3 heterocycles. The number of carbonyl (C=O) groups is 1. The molecule has 1 atom stereocenters. The van der Waals surface area contributed by atoms with E-state index in [2.05, 4.69) is 16.8 Å². The van der Waals surface area contributed by atoms with Gasteiger partial charge in [0.1, 0.15) is 0 Å². The largest absolute Gasteiger partial charge is 0.339 e. The van der Waals surface area contributed by atoms with Crippen LogP contribution in [0.2, 0.25) is 0 Å². The van der Waals surface area contributed by atoms with Crippen LogP contribution in [0.4, 0.5) is 0 Å². The monoisotopic (exact) mass is 478 g/mol. The second-order valence-corrected chi connectivity index (χ2v) is 11.7. The van der Waals surface area contributed by atoms with Gasteiger partial charge in [-0.25, -0.2) is 13.4 Å². The van der Waals surface area contributed by atoms with Gasteiger partial charge >= 0.3 is 0 Å². The fourth-order valence-electron chi connectivity index (χ4n) is 4.39. The lowest BCUT2D eigenvalue weighted by atomic mass is 10.2. The van der Waals surface area contributed by atoms with Gasteiger partial charge in [0.15, 0.2) is 15.0 Å². The van der Waals surface area contributed by atoms with Crippen molar-refractivity contribution in [1.82, 2.24) is 19.4 Å². The molecule has 0 N–H and O–H groups in total. The molecule has 2 aliphatic heterocycles. The van der Waals surface area contributed by atoms with E-state index in [1.165, 1.54) is 11.8 Å². The van der Waals surface area contributed by atoms with Crippen LogP contribution in [-0.2, 0) is 21.2 Å². The van der Waals surface area contributed by atoms with Crippen LogP contribution >= 0.6 is 11.8 Å². The first-order valence-electron chi connectivity index (χ1n) is 11.2. The molecule has 0 saturated carbocycles. The number of hydrogen-bond donors (Lipinski definition) is 0. The van der Waals surface area contributed by atoms with Crippen LogP contribution < -0.4 is 5.56 Å². The molecule has 2 aromatic rings. The van der Waals surface area contributed by atoms with Gasteiger partial charge < -0.3 is 4.90 Å². The number of unbranched alkanes of at least 4 members (excludes halogenated alkanes) is 1. The lowest BCUT2D eigenvalue weighted by molar-refractivity contribution is -0.130. The minimum Gasteiger partial charge on any atom is -0.339 e. The molecule has 1 amide bonds. The highest BCUT2D eigenvalue weighted by molar-refractivity contribution is 7.99. The Balaban J connectivity index is 1.39. The Morgan fingerprint density at radius 1 is 1.19 bits per heavy atom. The van der Waals surface area contributed by atoms with E-state index in [4.69, 9.17) is 0 Å². The highest BCUT2D eigenvalue weighted by atomic mass is 32.2. The third-order valence-corrected chi connectivity index (χ3v) is 8.99. The van der Waals surface area contributed by atoms with Crippen LogP contribution in [0.5, 0.6) is 0 Å². The standard InChI is InChI=1S/C22H30N4O4S2/c1-2-3-9-26-21(28)18-6-4-5-7-19(18)23-22(26)31-15-20(27)25-12-10-24(11-13-25)17-8-14-32(29,30)16-17/h4-7,17H,2-3,8-16H2,1H3. The Kier molecular flexibility index (Phi) is 7.21. The summed E-state index contributed by atoms with van der Waals surface area (Å²) in [6, 6.07) is 7.41. The summed E-state index contributed by atoms with van der Waals surface area (Å²) in [5.74, 6) is 0.763. The van der Waals surface area contributed by atoms with E-state index in [1.807, 2.05) is 23.1 Å². The first-order valence-corrected chi connectivity index (χ1v) is 14.0. The van der Waals surface area contributed by atoms with E-state index in [0.717, 1.165) is 12.8 Å². The second kappa shape index (κ2) is 9.93. The van der Waals surface area contributed by atoms with Crippen molar-refractivity contribution in [3.63, 3.8) is 0 Å². The molecule has 2 fully saturated rings. The Morgan fingerprint density at radius 2 is 1.94 bits per heavy atom. The number of piperazine rings is 1. The highest BCUT2D eigenvalue weighted by Crippen LogP contribution is 2.21. The Labute approximate surface area is 192 Å². The van der Waals surface area contributed by atoms with Gasteiger partial charge in [-0.2, -0.15) is 0 Å². The summed E-state index contributed by atoms with van der Waals surface area (Å²) in [5.41, 5.74) is 0.597.